The third-order valence-electron chi connectivity index (χ3n) is 5.18. The molecular formula is C20H29Cl2F3N4O. The summed E-state index contributed by atoms with van der Waals surface area (Å²) >= 11 is 0. The number of amides is 1. The minimum absolute atomic E-state index is 0. The van der Waals surface area contributed by atoms with Gasteiger partial charge in [0, 0.05) is 24.2 Å². The quantitative estimate of drug-likeness (QED) is 0.664. The van der Waals surface area contributed by atoms with E-state index in [0.717, 1.165) is 32.4 Å². The van der Waals surface area contributed by atoms with Crippen molar-refractivity contribution in [2.45, 2.75) is 58.3 Å². The number of rotatable bonds is 5. The second-order valence-electron chi connectivity index (χ2n) is 7.58. The lowest BCUT2D eigenvalue weighted by Gasteiger charge is -2.34. The van der Waals surface area contributed by atoms with E-state index in [4.69, 9.17) is 0 Å². The van der Waals surface area contributed by atoms with Crippen molar-refractivity contribution in [3.05, 3.63) is 29.6 Å². The number of carbonyl (C=O) groups excluding carboxylic acids is 1. The molecule has 1 fully saturated rings. The molecule has 5 nitrogen and oxygen atoms in total. The number of piperidine rings is 1. The summed E-state index contributed by atoms with van der Waals surface area (Å²) in [6.45, 7) is 7.77. The number of fused-ring (bicyclic) bond motifs is 1. The smallest absolute Gasteiger partial charge is 0.336 e. The Morgan fingerprint density at radius 2 is 1.90 bits per heavy atom. The van der Waals surface area contributed by atoms with Gasteiger partial charge in [-0.2, -0.15) is 13.2 Å². The summed E-state index contributed by atoms with van der Waals surface area (Å²) in [5, 5.41) is 3.29. The van der Waals surface area contributed by atoms with E-state index in [0.29, 0.717) is 17.6 Å². The molecule has 170 valence electrons. The van der Waals surface area contributed by atoms with Crippen LogP contribution in [0.3, 0.4) is 0 Å². The summed E-state index contributed by atoms with van der Waals surface area (Å²) < 4.78 is 41.4. The molecule has 1 aliphatic heterocycles. The van der Waals surface area contributed by atoms with E-state index in [9.17, 15) is 18.0 Å². The van der Waals surface area contributed by atoms with Crippen LogP contribution in [0.4, 0.5) is 13.2 Å². The van der Waals surface area contributed by atoms with Gasteiger partial charge in [0.1, 0.15) is 0 Å². The summed E-state index contributed by atoms with van der Waals surface area (Å²) in [7, 11) is 0. The third-order valence-corrected chi connectivity index (χ3v) is 5.18. The fourth-order valence-electron chi connectivity index (χ4n) is 3.93. The Morgan fingerprint density at radius 3 is 2.43 bits per heavy atom. The molecule has 0 radical (unpaired) electrons. The molecule has 0 saturated carbocycles. The zero-order valence-corrected chi connectivity index (χ0v) is 19.0. The summed E-state index contributed by atoms with van der Waals surface area (Å²) in [5.41, 5.74) is 0.984. The van der Waals surface area contributed by atoms with Crippen LogP contribution in [0, 0.1) is 0 Å². The molecule has 1 amide bonds. The first kappa shape index (κ1) is 26.5. The molecule has 0 atom stereocenters. The Bertz CT molecular complexity index is 848. The Morgan fingerprint density at radius 1 is 1.27 bits per heavy atom. The van der Waals surface area contributed by atoms with Crippen molar-refractivity contribution in [1.82, 2.24) is 19.8 Å². The monoisotopic (exact) mass is 468 g/mol. The first-order valence-corrected chi connectivity index (χ1v) is 9.85. The maximum Gasteiger partial charge on any atom is 0.449 e. The minimum Gasteiger partial charge on any atom is -0.336 e. The molecule has 0 spiro atoms. The highest BCUT2D eigenvalue weighted by atomic mass is 35.5. The summed E-state index contributed by atoms with van der Waals surface area (Å²) in [6.07, 6.45) is -1.95. The Kier molecular flexibility index (Phi) is 9.45. The molecule has 2 heterocycles. The van der Waals surface area contributed by atoms with Crippen LogP contribution in [-0.4, -0.2) is 46.0 Å². The first-order chi connectivity index (χ1) is 13.2. The molecule has 3 rings (SSSR count). The number of nitrogens with zero attached hydrogens (tertiary/aromatic N) is 3. The molecule has 0 unspecified atom stereocenters. The topological polar surface area (TPSA) is 50.2 Å². The zero-order valence-electron chi connectivity index (χ0n) is 17.3. The fourth-order valence-corrected chi connectivity index (χ4v) is 3.93. The highest BCUT2D eigenvalue weighted by Crippen LogP contribution is 2.34. The largest absolute Gasteiger partial charge is 0.449 e. The van der Waals surface area contributed by atoms with Crippen LogP contribution in [0.1, 0.15) is 62.3 Å². The lowest BCUT2D eigenvalue weighted by Crippen LogP contribution is -2.46. The molecule has 1 aliphatic rings. The molecule has 1 saturated heterocycles. The van der Waals surface area contributed by atoms with Crippen LogP contribution >= 0.6 is 24.8 Å². The van der Waals surface area contributed by atoms with Gasteiger partial charge in [-0.15, -0.1) is 24.8 Å². The maximum absolute atomic E-state index is 13.4. The number of imidazole rings is 1. The van der Waals surface area contributed by atoms with Crippen molar-refractivity contribution in [2.75, 3.05) is 19.6 Å². The van der Waals surface area contributed by atoms with Gasteiger partial charge >= 0.3 is 6.18 Å². The summed E-state index contributed by atoms with van der Waals surface area (Å²) in [6, 6.07) is 4.46. The fraction of sp³-hybridized carbons (Fsp3) is 0.600. The van der Waals surface area contributed by atoms with E-state index in [1.54, 1.807) is 26.0 Å². The van der Waals surface area contributed by atoms with Crippen molar-refractivity contribution in [3.8, 4) is 0 Å². The van der Waals surface area contributed by atoms with Gasteiger partial charge in [0.15, 0.2) is 0 Å². The van der Waals surface area contributed by atoms with Crippen LogP contribution in [0.25, 0.3) is 11.0 Å². The predicted octanol–water partition coefficient (Wildman–Crippen LogP) is 5.08. The first-order valence-electron chi connectivity index (χ1n) is 9.85. The van der Waals surface area contributed by atoms with Crippen molar-refractivity contribution in [2.24, 2.45) is 0 Å². The van der Waals surface area contributed by atoms with Crippen molar-refractivity contribution in [3.63, 3.8) is 0 Å². The SMILES string of the molecule is CCCN(C(=O)c1ccc2c(c1)nc(C(F)(F)F)n2C(C)C)C1CCNCC1.Cl.Cl. The number of hydrogen-bond acceptors (Lipinski definition) is 3. The van der Waals surface area contributed by atoms with Crippen LogP contribution in [0.2, 0.25) is 0 Å². The minimum atomic E-state index is -4.54. The second-order valence-corrected chi connectivity index (χ2v) is 7.58. The standard InChI is InChI=1S/C20H27F3N4O.2ClH/c1-4-11-26(15-7-9-24-10-8-15)18(28)14-5-6-17-16(12-14)25-19(20(21,22)23)27(17)13(2)3;;/h5-6,12-13,15,24H,4,7-11H2,1-3H3;2*1H. The van der Waals surface area contributed by atoms with Crippen LogP contribution in [0.15, 0.2) is 18.2 Å². The Hall–Kier alpha value is -1.51. The highest BCUT2D eigenvalue weighted by molar-refractivity contribution is 5.97. The van der Waals surface area contributed by atoms with Crippen LogP contribution < -0.4 is 5.32 Å². The molecule has 1 aromatic heterocycles. The third kappa shape index (κ3) is 5.39. The Labute approximate surface area is 187 Å². The number of hydrogen-bond donors (Lipinski definition) is 1. The van der Waals surface area contributed by atoms with E-state index in [-0.39, 0.29) is 42.3 Å². The van der Waals surface area contributed by atoms with Gasteiger partial charge < -0.3 is 14.8 Å². The predicted molar refractivity (Wildman–Crippen MR) is 117 cm³/mol. The van der Waals surface area contributed by atoms with Gasteiger partial charge in [-0.1, -0.05) is 6.92 Å². The van der Waals surface area contributed by atoms with E-state index in [1.165, 1.54) is 10.6 Å². The average molecular weight is 469 g/mol. The number of halogens is 5. The number of benzene rings is 1. The van der Waals surface area contributed by atoms with Gasteiger partial charge in [0.25, 0.3) is 5.91 Å². The number of carbonyl (C=O) groups is 1. The van der Waals surface area contributed by atoms with E-state index < -0.39 is 18.0 Å². The van der Waals surface area contributed by atoms with Crippen molar-refractivity contribution >= 4 is 41.8 Å². The molecule has 1 aromatic carbocycles. The van der Waals surface area contributed by atoms with E-state index >= 15 is 0 Å². The molecule has 10 heteroatoms. The lowest BCUT2D eigenvalue weighted by molar-refractivity contribution is -0.147. The van der Waals surface area contributed by atoms with Gasteiger partial charge in [-0.25, -0.2) is 4.98 Å². The van der Waals surface area contributed by atoms with Gasteiger partial charge in [0.2, 0.25) is 5.82 Å². The normalized spacial score (nSPS) is 15.0. The average Bonchev–Trinajstić information content (AvgIpc) is 3.05. The molecule has 0 bridgehead atoms. The summed E-state index contributed by atoms with van der Waals surface area (Å²) in [4.78, 5) is 18.8. The van der Waals surface area contributed by atoms with Gasteiger partial charge in [-0.05, 0) is 64.4 Å². The Balaban J connectivity index is 0.00000225. The number of alkyl halides is 3. The van der Waals surface area contributed by atoms with E-state index in [2.05, 4.69) is 10.3 Å². The lowest BCUT2D eigenvalue weighted by atomic mass is 10.0. The second kappa shape index (κ2) is 10.7. The van der Waals surface area contributed by atoms with Crippen LogP contribution in [0.5, 0.6) is 0 Å². The molecular weight excluding hydrogens is 440 g/mol. The van der Waals surface area contributed by atoms with Gasteiger partial charge in [-0.3, -0.25) is 4.79 Å². The molecule has 0 aliphatic carbocycles. The highest BCUT2D eigenvalue weighted by Gasteiger charge is 2.38. The van der Waals surface area contributed by atoms with Crippen molar-refractivity contribution < 1.29 is 18.0 Å². The summed E-state index contributed by atoms with van der Waals surface area (Å²) in [5.74, 6) is -1.06. The van der Waals surface area contributed by atoms with Crippen molar-refractivity contribution in [1.29, 1.82) is 0 Å². The molecule has 30 heavy (non-hydrogen) atoms. The zero-order chi connectivity index (χ0) is 20.5. The number of aromatic nitrogens is 2. The van der Waals surface area contributed by atoms with Gasteiger partial charge in [0.05, 0.1) is 11.0 Å². The molecule has 1 N–H and O–H groups in total. The number of nitrogens with one attached hydrogen (secondary N) is 1. The molecule has 2 aromatic rings. The maximum atomic E-state index is 13.4. The van der Waals surface area contributed by atoms with E-state index in [1.807, 2.05) is 11.8 Å². The van der Waals surface area contributed by atoms with Crippen LogP contribution in [-0.2, 0) is 6.18 Å².